The molecule has 4 nitrogen and oxygen atoms in total. The Bertz CT molecular complexity index is 1870. The zero-order valence-electron chi connectivity index (χ0n) is 24.3. The SMILES string of the molecule is O=Cc1ccc(C#Cc2cc(C#Cc3ccc(C=O)cc3)c(C#Cc3ccc(C=O)cc3)cc2C#Cc2ccc(C=O)cc2)cc1. The fourth-order valence-electron chi connectivity index (χ4n) is 4.15. The first-order valence-electron chi connectivity index (χ1n) is 14.0. The Kier molecular flexibility index (Phi) is 9.91. The topological polar surface area (TPSA) is 68.3 Å². The zero-order chi connectivity index (χ0) is 32.1. The van der Waals surface area contributed by atoms with Crippen molar-refractivity contribution in [1.82, 2.24) is 0 Å². The molecule has 0 N–H and O–H groups in total. The minimum Gasteiger partial charge on any atom is -0.298 e. The second-order valence-electron chi connectivity index (χ2n) is 9.90. The van der Waals surface area contributed by atoms with E-state index in [1.165, 1.54) is 0 Å². The van der Waals surface area contributed by atoms with Gasteiger partial charge in [0.2, 0.25) is 0 Å². The van der Waals surface area contributed by atoms with Crippen LogP contribution in [-0.2, 0) is 0 Å². The summed E-state index contributed by atoms with van der Waals surface area (Å²) in [4.78, 5) is 44.3. The van der Waals surface area contributed by atoms with E-state index in [1.807, 2.05) is 12.1 Å². The second-order valence-corrected chi connectivity index (χ2v) is 9.90. The fraction of sp³-hybridized carbons (Fsp3) is 0. The van der Waals surface area contributed by atoms with Crippen LogP contribution in [0, 0.1) is 47.4 Å². The summed E-state index contributed by atoms with van der Waals surface area (Å²) in [6, 6.07) is 31.5. The first-order chi connectivity index (χ1) is 22.6. The van der Waals surface area contributed by atoms with Gasteiger partial charge < -0.3 is 0 Å². The standard InChI is InChI=1S/C42H22O4/c43-27-35-9-1-31(2-10-35)17-21-39-25-41(23-19-33-5-13-37(29-45)14-6-33)42(24-20-34-7-15-38(30-46)16-8-34)26-40(39)22-18-32-3-11-36(28-44)12-4-32/h1-16,25-30H. The van der Waals surface area contributed by atoms with Crippen molar-refractivity contribution in [1.29, 1.82) is 0 Å². The van der Waals surface area contributed by atoms with Crippen molar-refractivity contribution in [3.05, 3.63) is 176 Å². The molecule has 0 bridgehead atoms. The summed E-state index contributed by atoms with van der Waals surface area (Å²) in [5, 5.41) is 0. The Balaban J connectivity index is 1.66. The lowest BCUT2D eigenvalue weighted by atomic mass is 9.97. The third kappa shape index (κ3) is 8.10. The van der Waals surface area contributed by atoms with Crippen LogP contribution in [0.4, 0.5) is 0 Å². The quantitative estimate of drug-likeness (QED) is 0.176. The molecule has 0 aliphatic carbocycles. The minimum absolute atomic E-state index is 0.556. The molecule has 0 heterocycles. The van der Waals surface area contributed by atoms with Gasteiger partial charge in [0.15, 0.2) is 0 Å². The summed E-state index contributed by atoms with van der Waals surface area (Å²) < 4.78 is 0. The Morgan fingerprint density at radius 1 is 0.283 bits per heavy atom. The molecule has 0 aliphatic rings. The van der Waals surface area contributed by atoms with Crippen LogP contribution in [0.25, 0.3) is 0 Å². The van der Waals surface area contributed by atoms with Crippen molar-refractivity contribution in [2.24, 2.45) is 0 Å². The molecule has 5 aromatic carbocycles. The summed E-state index contributed by atoms with van der Waals surface area (Å²) in [6.07, 6.45) is 3.11. The van der Waals surface area contributed by atoms with Gasteiger partial charge in [0.05, 0.1) is 0 Å². The maximum atomic E-state index is 11.1. The van der Waals surface area contributed by atoms with Crippen LogP contribution in [-0.4, -0.2) is 25.1 Å². The van der Waals surface area contributed by atoms with Gasteiger partial charge in [0, 0.05) is 66.8 Å². The van der Waals surface area contributed by atoms with Gasteiger partial charge in [-0.2, -0.15) is 0 Å². The van der Waals surface area contributed by atoms with Crippen molar-refractivity contribution in [3.8, 4) is 47.4 Å². The van der Waals surface area contributed by atoms with Crippen LogP contribution < -0.4 is 0 Å². The molecule has 0 aliphatic heterocycles. The Morgan fingerprint density at radius 3 is 0.652 bits per heavy atom. The molecule has 0 amide bonds. The van der Waals surface area contributed by atoms with Gasteiger partial charge in [-0.15, -0.1) is 0 Å². The summed E-state index contributed by atoms with van der Waals surface area (Å²) in [6.45, 7) is 0. The van der Waals surface area contributed by atoms with Gasteiger partial charge >= 0.3 is 0 Å². The number of carbonyl (C=O) groups is 4. The van der Waals surface area contributed by atoms with E-state index in [9.17, 15) is 19.2 Å². The molecule has 0 saturated carbocycles. The lowest BCUT2D eigenvalue weighted by molar-refractivity contribution is 0.111. The third-order valence-corrected chi connectivity index (χ3v) is 6.71. The number of rotatable bonds is 4. The smallest absolute Gasteiger partial charge is 0.150 e. The predicted molar refractivity (Wildman–Crippen MR) is 178 cm³/mol. The van der Waals surface area contributed by atoms with Gasteiger partial charge in [-0.25, -0.2) is 0 Å². The molecule has 0 saturated heterocycles. The van der Waals surface area contributed by atoms with Crippen LogP contribution in [0.5, 0.6) is 0 Å². The molecule has 0 fully saturated rings. The number of hydrogen-bond acceptors (Lipinski definition) is 4. The van der Waals surface area contributed by atoms with Crippen molar-refractivity contribution in [3.63, 3.8) is 0 Å². The van der Waals surface area contributed by atoms with Crippen LogP contribution in [0.3, 0.4) is 0 Å². The molecule has 4 heteroatoms. The van der Waals surface area contributed by atoms with E-state index in [0.717, 1.165) is 47.4 Å². The van der Waals surface area contributed by atoms with E-state index in [0.29, 0.717) is 44.5 Å². The average Bonchev–Trinajstić information content (AvgIpc) is 3.12. The first kappa shape index (κ1) is 30.5. The average molecular weight is 591 g/mol. The first-order valence-corrected chi connectivity index (χ1v) is 14.0. The number of hydrogen-bond donors (Lipinski definition) is 0. The largest absolute Gasteiger partial charge is 0.298 e. The molecule has 214 valence electrons. The second kappa shape index (κ2) is 15.0. The van der Waals surface area contributed by atoms with E-state index < -0.39 is 0 Å². The third-order valence-electron chi connectivity index (χ3n) is 6.71. The van der Waals surface area contributed by atoms with Crippen molar-refractivity contribution < 1.29 is 19.2 Å². The van der Waals surface area contributed by atoms with Gasteiger partial charge in [0.1, 0.15) is 25.1 Å². The molecular weight excluding hydrogens is 568 g/mol. The highest BCUT2D eigenvalue weighted by Crippen LogP contribution is 2.17. The number of aldehydes is 4. The Hall–Kier alpha value is -6.98. The summed E-state index contributed by atoms with van der Waals surface area (Å²) >= 11 is 0. The van der Waals surface area contributed by atoms with E-state index >= 15 is 0 Å². The number of carbonyl (C=O) groups excluding carboxylic acids is 4. The molecular formula is C42H22O4. The van der Waals surface area contributed by atoms with E-state index in [-0.39, 0.29) is 0 Å². The van der Waals surface area contributed by atoms with Crippen LogP contribution in [0.2, 0.25) is 0 Å². The Labute approximate surface area is 267 Å². The monoisotopic (exact) mass is 590 g/mol. The van der Waals surface area contributed by atoms with Crippen molar-refractivity contribution in [2.45, 2.75) is 0 Å². The fourth-order valence-corrected chi connectivity index (χ4v) is 4.15. The minimum atomic E-state index is 0.556. The zero-order valence-corrected chi connectivity index (χ0v) is 24.3. The molecule has 5 rings (SSSR count). The molecule has 5 aromatic rings. The normalized spacial score (nSPS) is 9.39. The van der Waals surface area contributed by atoms with E-state index in [1.54, 1.807) is 97.1 Å². The maximum absolute atomic E-state index is 11.1. The van der Waals surface area contributed by atoms with Gasteiger partial charge in [-0.1, -0.05) is 95.9 Å². The van der Waals surface area contributed by atoms with Crippen LogP contribution in [0.15, 0.2) is 109 Å². The summed E-state index contributed by atoms with van der Waals surface area (Å²) in [7, 11) is 0. The summed E-state index contributed by atoms with van der Waals surface area (Å²) in [5.74, 6) is 25.5. The highest BCUT2D eigenvalue weighted by atomic mass is 16.1. The van der Waals surface area contributed by atoms with Gasteiger partial charge in [0.25, 0.3) is 0 Å². The van der Waals surface area contributed by atoms with Gasteiger partial charge in [-0.3, -0.25) is 19.2 Å². The molecule has 0 atom stereocenters. The lowest BCUT2D eigenvalue weighted by Crippen LogP contribution is -1.93. The highest BCUT2D eigenvalue weighted by molar-refractivity contribution is 5.77. The molecule has 0 aromatic heterocycles. The molecule has 0 unspecified atom stereocenters. The van der Waals surface area contributed by atoms with E-state index in [4.69, 9.17) is 0 Å². The predicted octanol–water partition coefficient (Wildman–Crippen LogP) is 6.54. The molecule has 0 radical (unpaired) electrons. The van der Waals surface area contributed by atoms with Crippen molar-refractivity contribution in [2.75, 3.05) is 0 Å². The highest BCUT2D eigenvalue weighted by Gasteiger charge is 2.06. The number of benzene rings is 5. The Morgan fingerprint density at radius 2 is 0.478 bits per heavy atom. The van der Waals surface area contributed by atoms with E-state index in [2.05, 4.69) is 47.4 Å². The molecule has 0 spiro atoms. The van der Waals surface area contributed by atoms with Crippen LogP contribution in [0.1, 0.15) is 85.9 Å². The van der Waals surface area contributed by atoms with Crippen molar-refractivity contribution >= 4 is 25.1 Å². The van der Waals surface area contributed by atoms with Crippen LogP contribution >= 0.6 is 0 Å². The molecule has 46 heavy (non-hydrogen) atoms. The lowest BCUT2D eigenvalue weighted by Gasteiger charge is -2.04. The van der Waals surface area contributed by atoms with Gasteiger partial charge in [-0.05, 0) is 60.7 Å². The summed E-state index contributed by atoms with van der Waals surface area (Å²) in [5.41, 5.74) is 7.60. The maximum Gasteiger partial charge on any atom is 0.150 e.